The number of hydrogen-bond acceptors (Lipinski definition) is 14. The van der Waals surface area contributed by atoms with Crippen LogP contribution in [0.15, 0.2) is 45.6 Å². The van der Waals surface area contributed by atoms with Gasteiger partial charge in [0.1, 0.15) is 34.7 Å². The first-order valence-electron chi connectivity index (χ1n) is 12.2. The highest BCUT2D eigenvalue weighted by Gasteiger charge is 2.49. The topological polar surface area (TPSA) is 229 Å². The van der Waals surface area contributed by atoms with Crippen LogP contribution in [0.5, 0.6) is 23.0 Å². The van der Waals surface area contributed by atoms with Gasteiger partial charge in [-0.25, -0.2) is 0 Å². The van der Waals surface area contributed by atoms with Gasteiger partial charge in [-0.2, -0.15) is 0 Å². The van der Waals surface area contributed by atoms with E-state index >= 15 is 0 Å². The molecule has 14 nitrogen and oxygen atoms in total. The van der Waals surface area contributed by atoms with E-state index in [0.717, 1.165) is 6.07 Å². The van der Waals surface area contributed by atoms with Crippen molar-refractivity contribution in [2.24, 2.45) is 5.92 Å². The first-order valence-corrected chi connectivity index (χ1v) is 12.2. The maximum Gasteiger partial charge on any atom is 0.228 e. The predicted molar refractivity (Wildman–Crippen MR) is 133 cm³/mol. The number of aromatic hydroxyl groups is 3. The number of hydrogen-bond donors (Lipinski definition) is 8. The highest BCUT2D eigenvalue weighted by molar-refractivity contribution is 5.89. The zero-order chi connectivity index (χ0) is 28.8. The van der Waals surface area contributed by atoms with Crippen molar-refractivity contribution in [1.29, 1.82) is 0 Å². The zero-order valence-electron chi connectivity index (χ0n) is 20.8. The van der Waals surface area contributed by atoms with Crippen molar-refractivity contribution in [1.82, 2.24) is 0 Å². The quantitative estimate of drug-likeness (QED) is 0.163. The molecule has 0 spiro atoms. The summed E-state index contributed by atoms with van der Waals surface area (Å²) < 4.78 is 27.8. The average Bonchev–Trinajstić information content (AvgIpc) is 3.22. The second-order valence-corrected chi connectivity index (χ2v) is 9.75. The summed E-state index contributed by atoms with van der Waals surface area (Å²) in [6.07, 6.45) is -7.28. The van der Waals surface area contributed by atoms with E-state index in [0.29, 0.717) is 0 Å². The van der Waals surface area contributed by atoms with E-state index < -0.39 is 65.9 Å². The summed E-state index contributed by atoms with van der Waals surface area (Å²) in [4.78, 5) is 12.8. The molecule has 2 saturated heterocycles. The molecule has 5 rings (SSSR count). The summed E-state index contributed by atoms with van der Waals surface area (Å²) in [5, 5.41) is 80.3. The molecule has 0 bridgehead atoms. The fourth-order valence-electron chi connectivity index (χ4n) is 4.52. The van der Waals surface area contributed by atoms with Crippen LogP contribution >= 0.6 is 0 Å². The van der Waals surface area contributed by atoms with Crippen LogP contribution in [0.25, 0.3) is 22.3 Å². The summed E-state index contributed by atoms with van der Waals surface area (Å²) in [5.41, 5.74) is -2.48. The van der Waals surface area contributed by atoms with Crippen LogP contribution < -0.4 is 10.2 Å². The number of aliphatic hydroxyl groups excluding tert-OH is 4. The normalized spacial score (nSPS) is 30.5. The molecule has 2 aliphatic heterocycles. The van der Waals surface area contributed by atoms with Gasteiger partial charge in [-0.05, 0) is 30.3 Å². The Bertz CT molecular complexity index is 1440. The van der Waals surface area contributed by atoms with Gasteiger partial charge in [0.25, 0.3) is 0 Å². The number of phenols is 3. The number of aliphatic hydroxyl groups is 5. The molecular weight excluding hydrogens is 536 g/mol. The van der Waals surface area contributed by atoms with Gasteiger partial charge in [-0.3, -0.25) is 4.79 Å². The molecule has 2 aliphatic rings. The van der Waals surface area contributed by atoms with Crippen LogP contribution in [0.2, 0.25) is 0 Å². The van der Waals surface area contributed by atoms with Gasteiger partial charge in [-0.1, -0.05) is 0 Å². The van der Waals surface area contributed by atoms with E-state index in [1.54, 1.807) is 0 Å². The van der Waals surface area contributed by atoms with Crippen molar-refractivity contribution in [3.05, 3.63) is 46.6 Å². The molecule has 3 heterocycles. The van der Waals surface area contributed by atoms with Gasteiger partial charge < -0.3 is 64.2 Å². The van der Waals surface area contributed by atoms with E-state index in [1.165, 1.54) is 30.3 Å². The predicted octanol–water partition coefficient (Wildman–Crippen LogP) is -0.893. The Kier molecular flexibility index (Phi) is 7.60. The monoisotopic (exact) mass is 564 g/mol. The lowest BCUT2D eigenvalue weighted by molar-refractivity contribution is -0.245. The van der Waals surface area contributed by atoms with Crippen molar-refractivity contribution in [2.75, 3.05) is 26.4 Å². The van der Waals surface area contributed by atoms with Gasteiger partial charge in [-0.15, -0.1) is 0 Å². The Morgan fingerprint density at radius 1 is 0.925 bits per heavy atom. The zero-order valence-corrected chi connectivity index (χ0v) is 20.8. The van der Waals surface area contributed by atoms with Crippen molar-refractivity contribution in [3.63, 3.8) is 0 Å². The molecule has 1 aromatic heterocycles. The number of ether oxygens (including phenoxy) is 4. The molecule has 0 radical (unpaired) electrons. The summed E-state index contributed by atoms with van der Waals surface area (Å²) in [6, 6.07) is 7.32. The minimum atomic E-state index is -1.88. The van der Waals surface area contributed by atoms with E-state index in [2.05, 4.69) is 0 Å². The van der Waals surface area contributed by atoms with E-state index in [-0.39, 0.29) is 53.6 Å². The van der Waals surface area contributed by atoms with Crippen LogP contribution in [-0.2, 0) is 14.2 Å². The Hall–Kier alpha value is -3.47. The molecule has 7 atom stereocenters. The molecule has 7 unspecified atom stereocenters. The van der Waals surface area contributed by atoms with Crippen molar-refractivity contribution in [3.8, 4) is 34.3 Å². The van der Waals surface area contributed by atoms with Crippen LogP contribution in [0.1, 0.15) is 0 Å². The molecule has 8 N–H and O–H groups in total. The summed E-state index contributed by atoms with van der Waals surface area (Å²) in [5.74, 6) is -2.14. The molecule has 3 aromatic rings. The molecule has 0 saturated carbocycles. The van der Waals surface area contributed by atoms with Crippen molar-refractivity contribution in [2.45, 2.75) is 36.5 Å². The fraction of sp³-hybridized carbons (Fsp3) is 0.423. The second-order valence-electron chi connectivity index (χ2n) is 9.75. The lowest BCUT2D eigenvalue weighted by Gasteiger charge is -2.37. The lowest BCUT2D eigenvalue weighted by Crippen LogP contribution is -2.54. The molecule has 2 aromatic carbocycles. The Morgan fingerprint density at radius 3 is 2.38 bits per heavy atom. The molecule has 0 amide bonds. The number of fused-ring (bicyclic) bond motifs is 1. The maximum absolute atomic E-state index is 12.8. The minimum absolute atomic E-state index is 0.0185. The molecule has 0 aliphatic carbocycles. The summed E-state index contributed by atoms with van der Waals surface area (Å²) in [6.45, 7) is -1.52. The van der Waals surface area contributed by atoms with Crippen molar-refractivity contribution < 1.29 is 64.2 Å². The third-order valence-electron chi connectivity index (χ3n) is 6.96. The maximum atomic E-state index is 12.8. The third-order valence-corrected chi connectivity index (χ3v) is 6.96. The largest absolute Gasteiger partial charge is 0.507 e. The molecule has 40 heavy (non-hydrogen) atoms. The van der Waals surface area contributed by atoms with E-state index in [4.69, 9.17) is 23.4 Å². The highest BCUT2D eigenvalue weighted by atomic mass is 16.7. The Balaban J connectivity index is 1.33. The average molecular weight is 564 g/mol. The lowest BCUT2D eigenvalue weighted by atomic mass is 9.96. The van der Waals surface area contributed by atoms with Gasteiger partial charge in [0, 0.05) is 17.5 Å². The Morgan fingerprint density at radius 2 is 1.68 bits per heavy atom. The van der Waals surface area contributed by atoms with Crippen molar-refractivity contribution >= 4 is 11.0 Å². The van der Waals surface area contributed by atoms with Gasteiger partial charge >= 0.3 is 0 Å². The van der Waals surface area contributed by atoms with Gasteiger partial charge in [0.2, 0.25) is 6.29 Å². The Labute approximate surface area is 225 Å². The van der Waals surface area contributed by atoms with Gasteiger partial charge in [0.05, 0.1) is 32.5 Å². The second kappa shape index (κ2) is 10.8. The van der Waals surface area contributed by atoms with E-state index in [9.17, 15) is 45.6 Å². The van der Waals surface area contributed by atoms with Crippen LogP contribution in [-0.4, -0.2) is 104 Å². The highest BCUT2D eigenvalue weighted by Crippen LogP contribution is 2.37. The standard InChI is InChI=1S/C26H28O14/c27-9-26(35)10-38-25(23(26)34)37-8-12-7-36-24(21(33)20(12)32)40-17-4-3-14(29)19-16(31)6-18(39-22(17)19)11-1-2-13(28)15(30)5-11/h1-6,12,20-21,23-25,27-30,32-35H,7-10H2. The molecular formula is C26H28O14. The first kappa shape index (κ1) is 28.1. The van der Waals surface area contributed by atoms with Crippen LogP contribution in [0.3, 0.4) is 0 Å². The smallest absolute Gasteiger partial charge is 0.228 e. The summed E-state index contributed by atoms with van der Waals surface area (Å²) in [7, 11) is 0. The number of rotatable bonds is 7. The SMILES string of the molecule is O=c1cc(-c2ccc(O)c(O)c2)oc2c(OC3OCC(COC4OCC(O)(CO)C4O)C(O)C3O)ccc(O)c12. The van der Waals surface area contributed by atoms with Gasteiger partial charge in [0.15, 0.2) is 34.6 Å². The third kappa shape index (κ3) is 5.07. The first-order chi connectivity index (χ1) is 19.0. The fourth-order valence-corrected chi connectivity index (χ4v) is 4.52. The number of phenolic OH excluding ortho intramolecular Hbond substituents is 3. The van der Waals surface area contributed by atoms with Crippen LogP contribution in [0, 0.1) is 5.92 Å². The molecule has 216 valence electrons. The number of benzene rings is 2. The molecule has 14 heteroatoms. The minimum Gasteiger partial charge on any atom is -0.507 e. The van der Waals surface area contributed by atoms with E-state index in [1.807, 2.05) is 0 Å². The van der Waals surface area contributed by atoms with Crippen LogP contribution in [0.4, 0.5) is 0 Å². The summed E-state index contributed by atoms with van der Waals surface area (Å²) >= 11 is 0. The molecule has 2 fully saturated rings.